The van der Waals surface area contributed by atoms with E-state index < -0.39 is 134 Å². The number of primary sulfonamides is 1. The van der Waals surface area contributed by atoms with E-state index in [4.69, 9.17) is 31.8 Å². The summed E-state index contributed by atoms with van der Waals surface area (Å²) < 4.78 is 35.8. The molecule has 0 fully saturated rings. The van der Waals surface area contributed by atoms with Crippen molar-refractivity contribution in [2.45, 2.75) is 103 Å². The lowest BCUT2D eigenvalue weighted by Crippen LogP contribution is -2.53. The Labute approximate surface area is 594 Å². The van der Waals surface area contributed by atoms with Crippen LogP contribution >= 0.6 is 11.8 Å². The van der Waals surface area contributed by atoms with Gasteiger partial charge in [0.05, 0.1) is 50.7 Å². The highest BCUT2D eigenvalue weighted by Gasteiger charge is 2.32. The molecule has 3 rings (SSSR count). The van der Waals surface area contributed by atoms with Crippen LogP contribution in [0.4, 0.5) is 0 Å². The van der Waals surface area contributed by atoms with E-state index in [9.17, 15) is 47.1 Å². The summed E-state index contributed by atoms with van der Waals surface area (Å²) in [6, 6.07) is 22.9. The summed E-state index contributed by atoms with van der Waals surface area (Å²) in [5, 5.41) is 20.8. The number of rotatable bonds is 53. The lowest BCUT2D eigenvalue weighted by Gasteiger charge is -2.33. The van der Waals surface area contributed by atoms with Crippen molar-refractivity contribution in [1.82, 2.24) is 49.8 Å². The molecule has 0 aromatic heterocycles. The number of thioether (sulfide) groups is 1. The molecule has 3 aromatic carbocycles. The summed E-state index contributed by atoms with van der Waals surface area (Å²) in [6.07, 6.45) is 5.09. The van der Waals surface area contributed by atoms with Gasteiger partial charge in [-0.2, -0.15) is 11.8 Å². The molecule has 0 saturated carbocycles. The maximum Gasteiger partial charge on any atom is 0.326 e. The van der Waals surface area contributed by atoms with Crippen molar-refractivity contribution >= 4 is 80.9 Å². The summed E-state index contributed by atoms with van der Waals surface area (Å²) >= 11 is 1.41. The second kappa shape index (κ2) is 49.0. The van der Waals surface area contributed by atoms with E-state index in [-0.39, 0.29) is 109 Å². The van der Waals surface area contributed by atoms with Crippen molar-refractivity contribution in [3.63, 3.8) is 0 Å². The van der Waals surface area contributed by atoms with E-state index in [0.717, 1.165) is 16.0 Å². The molecule has 1 atom stereocenters. The number of carbonyl (C=O) groups excluding carboxylic acids is 9. The zero-order valence-electron chi connectivity index (χ0n) is 59.1. The summed E-state index contributed by atoms with van der Waals surface area (Å²) in [5.74, 6) is -6.24. The zero-order valence-corrected chi connectivity index (χ0v) is 60.8. The third-order valence-corrected chi connectivity index (χ3v) is 17.6. The number of aliphatic carboxylic acids is 1. The summed E-state index contributed by atoms with van der Waals surface area (Å²) in [6.45, 7) is 3.95. The predicted octanol–water partition coefficient (Wildman–Crippen LogP) is 0.763. The van der Waals surface area contributed by atoms with Crippen LogP contribution < -0.4 is 33.0 Å². The van der Waals surface area contributed by atoms with Crippen LogP contribution in [0.25, 0.3) is 0 Å². The van der Waals surface area contributed by atoms with Crippen LogP contribution in [0.15, 0.2) is 89.8 Å². The van der Waals surface area contributed by atoms with Gasteiger partial charge in [-0.1, -0.05) is 86.6 Å². The van der Waals surface area contributed by atoms with E-state index in [0.29, 0.717) is 69.4 Å². The van der Waals surface area contributed by atoms with Gasteiger partial charge in [-0.05, 0) is 151 Å². The number of hydrogen-bond donors (Lipinski definition) is 7. The number of carbonyl (C=O) groups is 10. The number of unbranched alkanes of at least 4 members (excludes halogenated alkanes) is 3. The highest BCUT2D eigenvalue weighted by atomic mass is 32.2. The second-order valence-electron chi connectivity index (χ2n) is 24.5. The molecule has 31 heteroatoms. The smallest absolute Gasteiger partial charge is 0.326 e. The third kappa shape index (κ3) is 34.6. The minimum atomic E-state index is -4.08. The van der Waals surface area contributed by atoms with Crippen LogP contribution in [-0.4, -0.2) is 281 Å². The molecule has 9 amide bonds. The number of amides is 9. The van der Waals surface area contributed by atoms with Gasteiger partial charge < -0.3 is 81.6 Å². The number of sulfonamides is 1. The molecular formula is C69H110N14O15S2. The maximum atomic E-state index is 15.1. The van der Waals surface area contributed by atoms with Crippen LogP contribution in [0.1, 0.15) is 89.3 Å². The van der Waals surface area contributed by atoms with Crippen LogP contribution in [0.2, 0.25) is 0 Å². The first-order chi connectivity index (χ1) is 47.9. The molecule has 0 heterocycles. The number of carboxylic acids is 1. The quantitative estimate of drug-likeness (QED) is 0.0303. The van der Waals surface area contributed by atoms with Crippen molar-refractivity contribution in [1.29, 1.82) is 0 Å². The molecule has 0 bridgehead atoms. The number of carboxylic acid groups (broad SMARTS) is 1. The zero-order chi connectivity index (χ0) is 73.8. The molecule has 100 heavy (non-hydrogen) atoms. The van der Waals surface area contributed by atoms with Gasteiger partial charge in [-0.15, -0.1) is 0 Å². The van der Waals surface area contributed by atoms with Crippen LogP contribution in [0, 0.1) is 5.92 Å². The van der Waals surface area contributed by atoms with Crippen LogP contribution in [0.5, 0.6) is 0 Å². The average molecular weight is 1440 g/mol. The Hall–Kier alpha value is -7.62. The first-order valence-electron chi connectivity index (χ1n) is 34.3. The maximum absolute atomic E-state index is 15.1. The Balaban J connectivity index is 2.09. The molecule has 0 aliphatic carbocycles. The first-order valence-corrected chi connectivity index (χ1v) is 37.2. The van der Waals surface area contributed by atoms with Crippen molar-refractivity contribution < 1.29 is 70.9 Å². The lowest BCUT2D eigenvalue weighted by molar-refractivity contribution is -0.151. The van der Waals surface area contributed by atoms with Gasteiger partial charge in [-0.25, -0.2) is 18.4 Å². The fraction of sp³-hybridized carbons (Fsp3) is 0.594. The molecular weight excluding hydrogens is 1330 g/mol. The van der Waals surface area contributed by atoms with Crippen molar-refractivity contribution in [2.24, 2.45) is 28.3 Å². The molecule has 0 spiro atoms. The van der Waals surface area contributed by atoms with Crippen molar-refractivity contribution in [2.75, 3.05) is 163 Å². The summed E-state index contributed by atoms with van der Waals surface area (Å²) in [7, 11) is -4.08. The third-order valence-electron chi connectivity index (χ3n) is 16.0. The number of benzene rings is 3. The summed E-state index contributed by atoms with van der Waals surface area (Å²) in [4.78, 5) is 152. The van der Waals surface area contributed by atoms with Crippen LogP contribution in [0.3, 0.4) is 0 Å². The number of ether oxygens (including phenoxy) is 2. The highest BCUT2D eigenvalue weighted by molar-refractivity contribution is 7.98. The fourth-order valence-corrected chi connectivity index (χ4v) is 11.2. The van der Waals surface area contributed by atoms with Gasteiger partial charge in [0.25, 0.3) is 0 Å². The van der Waals surface area contributed by atoms with Gasteiger partial charge in [0.1, 0.15) is 32.6 Å². The molecule has 0 saturated heterocycles. The van der Waals surface area contributed by atoms with Gasteiger partial charge in [0.2, 0.25) is 63.2 Å². The van der Waals surface area contributed by atoms with Crippen molar-refractivity contribution in [3.8, 4) is 0 Å². The van der Waals surface area contributed by atoms with E-state index in [1.54, 1.807) is 20.1 Å². The second-order valence-corrected chi connectivity index (χ2v) is 27.0. The monoisotopic (exact) mass is 1440 g/mol. The van der Waals surface area contributed by atoms with E-state index in [2.05, 4.69) is 10.6 Å². The van der Waals surface area contributed by atoms with Gasteiger partial charge in [0.15, 0.2) is 0 Å². The Kier molecular flexibility index (Phi) is 42.5. The summed E-state index contributed by atoms with van der Waals surface area (Å²) in [5.41, 5.74) is 19.8. The molecule has 1 unspecified atom stereocenters. The molecule has 11 N–H and O–H groups in total. The van der Waals surface area contributed by atoms with E-state index in [1.165, 1.54) is 70.3 Å². The fourth-order valence-electron chi connectivity index (χ4n) is 10.2. The largest absolute Gasteiger partial charge is 0.480 e. The number of hydrogen-bond acceptors (Lipinski definition) is 19. The molecule has 0 aliphatic heterocycles. The van der Waals surface area contributed by atoms with E-state index in [1.807, 2.05) is 74.5 Å². The predicted molar refractivity (Wildman–Crippen MR) is 383 cm³/mol. The average Bonchev–Trinajstić information content (AvgIpc) is 0.863. The molecule has 0 aliphatic rings. The molecule has 3 aromatic rings. The highest BCUT2D eigenvalue weighted by Crippen LogP contribution is 2.14. The van der Waals surface area contributed by atoms with E-state index >= 15 is 14.4 Å². The standard InChI is InChI=1S/C69H110N14O15S2/c1-6-97-52-82(61(85)43-74-42-54(3)4)50-66(90)81(39-29-56-22-12-9-13-23-56)49-68(92)83(53-98-7-2)51-67(91)80(40-30-57-24-26-58(27-25-57)100(73,95)96)48-64(88)78(37-19-16-34-72)46-65(89)79(38-28-55-20-10-8-11-21-55)47-63(87)77(36-18-15-33-71)45-62(86)76(35-17-14-32-70)44-60(84)75-59(69(93)94)31-41-99-5/h8-13,20-27,54,59,74H,6-7,14-19,28-53,70-72H2,1-5H3,(H,75,84)(H,93,94)(H2,73,95,96). The lowest BCUT2D eigenvalue weighted by atomic mass is 10.1. The van der Waals surface area contributed by atoms with Crippen LogP contribution in [-0.2, 0) is 86.7 Å². The Bertz CT molecular complexity index is 3090. The Morgan fingerprint density at radius 2 is 0.820 bits per heavy atom. The van der Waals surface area contributed by atoms with Gasteiger partial charge in [0, 0.05) is 52.5 Å². The Morgan fingerprint density at radius 3 is 1.16 bits per heavy atom. The molecule has 29 nitrogen and oxygen atoms in total. The molecule has 558 valence electrons. The number of nitrogens with zero attached hydrogens (tertiary/aromatic N) is 8. The number of nitrogens with one attached hydrogen (secondary N) is 2. The topological polar surface area (TPSA) is 398 Å². The SMILES string of the molecule is CCOCN(CC(=O)N(CCc1ccccc1)CC(=O)N(COCC)CC(=O)N(CCc1ccc(S(N)(=O)=O)cc1)CC(=O)N(CCCCN)CC(=O)N(CCc1ccccc1)CC(=O)N(CCCCN)CC(=O)N(CCCCN)CC(=O)NC(CCSC)C(=O)O)C(=O)CNCC(C)C. The van der Waals surface area contributed by atoms with Gasteiger partial charge >= 0.3 is 5.97 Å². The number of nitrogens with two attached hydrogens (primary N) is 4. The normalized spacial score (nSPS) is 11.5. The van der Waals surface area contributed by atoms with Crippen molar-refractivity contribution in [3.05, 3.63) is 102 Å². The Morgan fingerprint density at radius 1 is 0.480 bits per heavy atom. The minimum Gasteiger partial charge on any atom is -0.480 e. The minimum absolute atomic E-state index is 0.0237. The first kappa shape index (κ1) is 86.6. The molecule has 0 radical (unpaired) electrons. The van der Waals surface area contributed by atoms with Gasteiger partial charge in [-0.3, -0.25) is 43.2 Å².